The first-order chi connectivity index (χ1) is 8.15. The smallest absolute Gasteiger partial charge is 0.143 e. The molecule has 94 valence electrons. The van der Waals surface area contributed by atoms with E-state index in [9.17, 15) is 0 Å². The van der Waals surface area contributed by atoms with E-state index in [0.717, 1.165) is 16.7 Å². The van der Waals surface area contributed by atoms with E-state index in [1.165, 1.54) is 30.6 Å². The lowest BCUT2D eigenvalue weighted by Gasteiger charge is -2.14. The minimum atomic E-state index is 0.170. The summed E-state index contributed by atoms with van der Waals surface area (Å²) in [6.45, 7) is 4.05. The van der Waals surface area contributed by atoms with Crippen molar-refractivity contribution in [3.63, 3.8) is 0 Å². The molecule has 1 aliphatic rings. The number of ether oxygens (including phenoxy) is 1. The van der Waals surface area contributed by atoms with Crippen LogP contribution in [0.15, 0.2) is 23.1 Å². The van der Waals surface area contributed by atoms with Crippen molar-refractivity contribution in [3.05, 3.63) is 18.2 Å². The van der Waals surface area contributed by atoms with Crippen LogP contribution in [-0.2, 0) is 0 Å². The Labute approximate surface area is 108 Å². The molecule has 0 spiro atoms. The largest absolute Gasteiger partial charge is 0.489 e. The van der Waals surface area contributed by atoms with E-state index in [1.54, 1.807) is 0 Å². The number of thioether (sulfide) groups is 1. The zero-order valence-corrected chi connectivity index (χ0v) is 11.4. The van der Waals surface area contributed by atoms with Gasteiger partial charge in [0.1, 0.15) is 5.75 Å². The number of nitrogen functional groups attached to an aromatic ring is 1. The van der Waals surface area contributed by atoms with Crippen molar-refractivity contribution in [1.29, 1.82) is 0 Å². The fourth-order valence-electron chi connectivity index (χ4n) is 2.14. The van der Waals surface area contributed by atoms with Crippen LogP contribution in [0.5, 0.6) is 5.75 Å². The van der Waals surface area contributed by atoms with Crippen molar-refractivity contribution in [3.8, 4) is 5.75 Å². The van der Waals surface area contributed by atoms with Crippen molar-refractivity contribution in [2.24, 2.45) is 0 Å². The van der Waals surface area contributed by atoms with Gasteiger partial charge in [0.2, 0.25) is 0 Å². The lowest BCUT2D eigenvalue weighted by molar-refractivity contribution is 0.243. The van der Waals surface area contributed by atoms with Crippen LogP contribution < -0.4 is 10.5 Å². The van der Waals surface area contributed by atoms with Gasteiger partial charge < -0.3 is 10.5 Å². The van der Waals surface area contributed by atoms with Crippen LogP contribution in [0.25, 0.3) is 0 Å². The molecule has 1 fully saturated rings. The van der Waals surface area contributed by atoms with Crippen LogP contribution in [0, 0.1) is 0 Å². The summed E-state index contributed by atoms with van der Waals surface area (Å²) >= 11 is 1.97. The Morgan fingerprint density at radius 1 is 1.29 bits per heavy atom. The molecule has 1 aromatic rings. The number of hydrogen-bond donors (Lipinski definition) is 1. The molecule has 3 heteroatoms. The second kappa shape index (κ2) is 5.67. The number of hydrogen-bond acceptors (Lipinski definition) is 3. The molecular weight excluding hydrogens is 230 g/mol. The van der Waals surface area contributed by atoms with Crippen LogP contribution in [0.2, 0.25) is 0 Å². The third-order valence-electron chi connectivity index (χ3n) is 2.95. The molecule has 0 heterocycles. The van der Waals surface area contributed by atoms with Gasteiger partial charge in [0.15, 0.2) is 0 Å². The highest BCUT2D eigenvalue weighted by atomic mass is 32.2. The van der Waals surface area contributed by atoms with Crippen molar-refractivity contribution in [1.82, 2.24) is 0 Å². The zero-order valence-electron chi connectivity index (χ0n) is 10.6. The molecule has 17 heavy (non-hydrogen) atoms. The van der Waals surface area contributed by atoms with Gasteiger partial charge in [0.25, 0.3) is 0 Å². The van der Waals surface area contributed by atoms with Crippen molar-refractivity contribution < 1.29 is 4.74 Å². The molecule has 2 nitrogen and oxygen atoms in total. The van der Waals surface area contributed by atoms with E-state index in [2.05, 4.69) is 12.1 Å². The van der Waals surface area contributed by atoms with Crippen LogP contribution in [0.3, 0.4) is 0 Å². The molecule has 1 aliphatic carbocycles. The van der Waals surface area contributed by atoms with Gasteiger partial charge in [-0.25, -0.2) is 0 Å². The Kier molecular flexibility index (Phi) is 4.21. The summed E-state index contributed by atoms with van der Waals surface area (Å²) in [6, 6.07) is 6.14. The highest BCUT2D eigenvalue weighted by Gasteiger charge is 2.16. The SMILES string of the molecule is CC(C)Oc1cc(SC2CCCC2)ccc1N. The van der Waals surface area contributed by atoms with Gasteiger partial charge in [0.05, 0.1) is 11.8 Å². The quantitative estimate of drug-likeness (QED) is 0.819. The van der Waals surface area contributed by atoms with Gasteiger partial charge in [-0.05, 0) is 44.9 Å². The minimum Gasteiger partial charge on any atom is -0.489 e. The average Bonchev–Trinajstić information content (AvgIpc) is 2.75. The Morgan fingerprint density at radius 3 is 2.65 bits per heavy atom. The van der Waals surface area contributed by atoms with E-state index >= 15 is 0 Å². The molecule has 2 N–H and O–H groups in total. The summed E-state index contributed by atoms with van der Waals surface area (Å²) < 4.78 is 5.71. The predicted molar refractivity (Wildman–Crippen MR) is 74.7 cm³/mol. The van der Waals surface area contributed by atoms with Crippen LogP contribution in [-0.4, -0.2) is 11.4 Å². The summed E-state index contributed by atoms with van der Waals surface area (Å²) in [5.41, 5.74) is 6.64. The molecule has 2 rings (SSSR count). The van der Waals surface area contributed by atoms with Crippen molar-refractivity contribution in [2.75, 3.05) is 5.73 Å². The van der Waals surface area contributed by atoms with E-state index in [-0.39, 0.29) is 6.10 Å². The molecule has 0 saturated heterocycles. The summed E-state index contributed by atoms with van der Waals surface area (Å²) in [6.07, 6.45) is 5.61. The lowest BCUT2D eigenvalue weighted by atomic mass is 10.3. The molecule has 1 saturated carbocycles. The van der Waals surface area contributed by atoms with E-state index in [4.69, 9.17) is 10.5 Å². The van der Waals surface area contributed by atoms with Gasteiger partial charge in [-0.15, -0.1) is 11.8 Å². The Morgan fingerprint density at radius 2 is 2.00 bits per heavy atom. The maximum Gasteiger partial charge on any atom is 0.143 e. The molecular formula is C14H21NOS. The monoisotopic (exact) mass is 251 g/mol. The van der Waals surface area contributed by atoms with Gasteiger partial charge in [0, 0.05) is 10.1 Å². The molecule has 0 atom stereocenters. The van der Waals surface area contributed by atoms with Gasteiger partial charge in [-0.2, -0.15) is 0 Å². The van der Waals surface area contributed by atoms with E-state index in [1.807, 2.05) is 31.7 Å². The molecule has 0 unspecified atom stereocenters. The van der Waals surface area contributed by atoms with Crippen LogP contribution in [0.1, 0.15) is 39.5 Å². The number of nitrogens with two attached hydrogens (primary N) is 1. The topological polar surface area (TPSA) is 35.2 Å². The molecule has 0 amide bonds. The average molecular weight is 251 g/mol. The van der Waals surface area contributed by atoms with Crippen molar-refractivity contribution in [2.45, 2.75) is 55.8 Å². The van der Waals surface area contributed by atoms with Crippen LogP contribution in [0.4, 0.5) is 5.69 Å². The highest BCUT2D eigenvalue weighted by molar-refractivity contribution is 8.00. The first-order valence-electron chi connectivity index (χ1n) is 6.38. The Hall–Kier alpha value is -0.830. The number of anilines is 1. The van der Waals surface area contributed by atoms with Gasteiger partial charge >= 0.3 is 0 Å². The molecule has 0 aliphatic heterocycles. The Bertz CT molecular complexity index is 372. The molecule has 1 aromatic carbocycles. The normalized spacial score (nSPS) is 16.6. The lowest BCUT2D eigenvalue weighted by Crippen LogP contribution is -2.07. The molecule has 0 aromatic heterocycles. The zero-order chi connectivity index (χ0) is 12.3. The molecule has 0 bridgehead atoms. The van der Waals surface area contributed by atoms with Gasteiger partial charge in [-0.1, -0.05) is 12.8 Å². The second-order valence-corrected chi connectivity index (χ2v) is 6.26. The van der Waals surface area contributed by atoms with Gasteiger partial charge in [-0.3, -0.25) is 0 Å². The summed E-state index contributed by atoms with van der Waals surface area (Å²) in [7, 11) is 0. The first-order valence-corrected chi connectivity index (χ1v) is 7.26. The predicted octanol–water partition coefficient (Wildman–Crippen LogP) is 4.09. The van der Waals surface area contributed by atoms with Crippen LogP contribution >= 0.6 is 11.8 Å². The molecule has 0 radical (unpaired) electrons. The third-order valence-corrected chi connectivity index (χ3v) is 4.28. The second-order valence-electron chi connectivity index (χ2n) is 4.89. The fourth-order valence-corrected chi connectivity index (χ4v) is 3.42. The van der Waals surface area contributed by atoms with Crippen molar-refractivity contribution >= 4 is 17.4 Å². The third kappa shape index (κ3) is 3.56. The first kappa shape index (κ1) is 12.6. The minimum absolute atomic E-state index is 0.170. The fraction of sp³-hybridized carbons (Fsp3) is 0.571. The number of benzene rings is 1. The summed E-state index contributed by atoms with van der Waals surface area (Å²) in [5.74, 6) is 0.822. The summed E-state index contributed by atoms with van der Waals surface area (Å²) in [4.78, 5) is 1.28. The highest BCUT2D eigenvalue weighted by Crippen LogP contribution is 2.37. The Balaban J connectivity index is 2.06. The standard InChI is InChI=1S/C14H21NOS/c1-10(2)16-14-9-12(7-8-13(14)15)17-11-5-3-4-6-11/h7-11H,3-6,15H2,1-2H3. The maximum absolute atomic E-state index is 5.91. The summed E-state index contributed by atoms with van der Waals surface area (Å²) in [5, 5.41) is 0.783. The van der Waals surface area contributed by atoms with E-state index < -0.39 is 0 Å². The maximum atomic E-state index is 5.91. The van der Waals surface area contributed by atoms with E-state index in [0.29, 0.717) is 0 Å². The number of rotatable bonds is 4.